The number of alkyl halides is 3. The fraction of sp³-hybridized carbons (Fsp3) is 0.286. The minimum Gasteiger partial charge on any atom is -0.390 e. The quantitative estimate of drug-likeness (QED) is 0.774. The van der Waals surface area contributed by atoms with Gasteiger partial charge in [-0.3, -0.25) is 4.98 Å². The Hall–Kier alpha value is -0.810. The minimum atomic E-state index is -4.36. The lowest BCUT2D eigenvalue weighted by atomic mass is 10.2. The lowest BCUT2D eigenvalue weighted by Gasteiger charge is -2.05. The number of aliphatic hydroxyl groups excluding tert-OH is 1. The Labute approximate surface area is 78.8 Å². The first kappa shape index (κ1) is 12.2. The van der Waals surface area contributed by atoms with Gasteiger partial charge in [-0.2, -0.15) is 13.2 Å². The lowest BCUT2D eigenvalue weighted by molar-refractivity contribution is -0.137. The highest BCUT2D eigenvalue weighted by molar-refractivity contribution is 5.85. The molecule has 0 unspecified atom stereocenters. The molecule has 1 aromatic rings. The average Bonchev–Trinajstić information content (AvgIpc) is 2.03. The molecule has 0 spiro atoms. The topological polar surface area (TPSA) is 33.1 Å². The van der Waals surface area contributed by atoms with E-state index >= 15 is 0 Å². The van der Waals surface area contributed by atoms with Crippen molar-refractivity contribution in [2.45, 2.75) is 12.8 Å². The van der Waals surface area contributed by atoms with Crippen LogP contribution in [0.4, 0.5) is 13.2 Å². The zero-order valence-electron chi connectivity index (χ0n) is 6.38. The van der Waals surface area contributed by atoms with Gasteiger partial charge in [-0.05, 0) is 12.1 Å². The largest absolute Gasteiger partial charge is 0.417 e. The first-order chi connectivity index (χ1) is 5.54. The van der Waals surface area contributed by atoms with Crippen molar-refractivity contribution in [2.75, 3.05) is 0 Å². The van der Waals surface area contributed by atoms with E-state index in [9.17, 15) is 13.2 Å². The van der Waals surface area contributed by atoms with E-state index in [1.54, 1.807) is 0 Å². The standard InChI is InChI=1S/C7H6F3NO.ClH/c8-7(9,10)5-1-2-6(4-12)11-3-5;/h1-3,12H,4H2;1H. The van der Waals surface area contributed by atoms with Gasteiger partial charge in [0.25, 0.3) is 0 Å². The zero-order valence-corrected chi connectivity index (χ0v) is 7.19. The number of aromatic nitrogens is 1. The third-order valence-corrected chi connectivity index (χ3v) is 1.31. The Morgan fingerprint density at radius 2 is 1.92 bits per heavy atom. The molecule has 0 saturated heterocycles. The van der Waals surface area contributed by atoms with Crippen molar-refractivity contribution in [3.63, 3.8) is 0 Å². The number of aliphatic hydroxyl groups is 1. The number of hydrogen-bond donors (Lipinski definition) is 1. The van der Waals surface area contributed by atoms with Crippen molar-refractivity contribution in [1.29, 1.82) is 0 Å². The molecule has 1 rings (SSSR count). The van der Waals surface area contributed by atoms with Gasteiger partial charge in [0.05, 0.1) is 17.9 Å². The summed E-state index contributed by atoms with van der Waals surface area (Å²) in [5.74, 6) is 0. The third-order valence-electron chi connectivity index (χ3n) is 1.31. The Bertz CT molecular complexity index is 259. The summed E-state index contributed by atoms with van der Waals surface area (Å²) in [7, 11) is 0. The van der Waals surface area contributed by atoms with Crippen molar-refractivity contribution in [2.24, 2.45) is 0 Å². The highest BCUT2D eigenvalue weighted by Gasteiger charge is 2.30. The maximum absolute atomic E-state index is 11.9. The predicted octanol–water partition coefficient (Wildman–Crippen LogP) is 2.01. The number of halogens is 4. The van der Waals surface area contributed by atoms with Crippen molar-refractivity contribution in [3.8, 4) is 0 Å². The molecular weight excluding hydrogens is 207 g/mol. The fourth-order valence-corrected chi connectivity index (χ4v) is 0.686. The highest BCUT2D eigenvalue weighted by atomic mass is 35.5. The van der Waals surface area contributed by atoms with E-state index in [0.717, 1.165) is 12.1 Å². The van der Waals surface area contributed by atoms with E-state index in [2.05, 4.69) is 4.98 Å². The van der Waals surface area contributed by atoms with E-state index in [1.807, 2.05) is 0 Å². The maximum Gasteiger partial charge on any atom is 0.417 e. The summed E-state index contributed by atoms with van der Waals surface area (Å²) in [4.78, 5) is 3.39. The summed E-state index contributed by atoms with van der Waals surface area (Å²) in [6.45, 7) is -0.349. The van der Waals surface area contributed by atoms with Gasteiger partial charge in [-0.1, -0.05) is 0 Å². The van der Waals surface area contributed by atoms with Crippen LogP contribution < -0.4 is 0 Å². The molecule has 1 aromatic heterocycles. The van der Waals surface area contributed by atoms with Gasteiger partial charge in [0.1, 0.15) is 0 Å². The summed E-state index contributed by atoms with van der Waals surface area (Å²) >= 11 is 0. The van der Waals surface area contributed by atoms with Gasteiger partial charge < -0.3 is 5.11 Å². The molecule has 6 heteroatoms. The molecule has 0 atom stereocenters. The van der Waals surface area contributed by atoms with Crippen LogP contribution in [0.1, 0.15) is 11.3 Å². The number of nitrogens with zero attached hydrogens (tertiary/aromatic N) is 1. The van der Waals surface area contributed by atoms with Crippen molar-refractivity contribution >= 4 is 12.4 Å². The Kier molecular flexibility index (Phi) is 4.16. The molecule has 0 fully saturated rings. The molecule has 0 radical (unpaired) electrons. The van der Waals surface area contributed by atoms with Crippen LogP contribution in [0.3, 0.4) is 0 Å². The summed E-state index contributed by atoms with van der Waals surface area (Å²) in [5, 5.41) is 8.49. The molecule has 0 aliphatic rings. The normalized spacial score (nSPS) is 10.8. The molecule has 0 aliphatic heterocycles. The highest BCUT2D eigenvalue weighted by Crippen LogP contribution is 2.28. The molecule has 0 aliphatic carbocycles. The van der Waals surface area contributed by atoms with Crippen LogP contribution >= 0.6 is 12.4 Å². The van der Waals surface area contributed by atoms with Gasteiger partial charge >= 0.3 is 6.18 Å². The summed E-state index contributed by atoms with van der Waals surface area (Å²) < 4.78 is 35.8. The summed E-state index contributed by atoms with van der Waals surface area (Å²) in [5.41, 5.74) is -0.581. The minimum absolute atomic E-state index is 0. The maximum atomic E-state index is 11.9. The van der Waals surface area contributed by atoms with E-state index in [4.69, 9.17) is 5.11 Å². The van der Waals surface area contributed by atoms with Gasteiger partial charge in [-0.25, -0.2) is 0 Å². The first-order valence-electron chi connectivity index (χ1n) is 3.17. The third kappa shape index (κ3) is 3.20. The van der Waals surface area contributed by atoms with Gasteiger partial charge in [0.15, 0.2) is 0 Å². The summed E-state index contributed by atoms with van der Waals surface area (Å²) in [6.07, 6.45) is -3.66. The smallest absolute Gasteiger partial charge is 0.390 e. The van der Waals surface area contributed by atoms with Crippen LogP contribution in [0.5, 0.6) is 0 Å². The molecular formula is C7H7ClF3NO. The second-order valence-electron chi connectivity index (χ2n) is 2.19. The van der Waals surface area contributed by atoms with Crippen LogP contribution in [0.2, 0.25) is 0 Å². The first-order valence-corrected chi connectivity index (χ1v) is 3.17. The van der Waals surface area contributed by atoms with Crippen LogP contribution in [-0.4, -0.2) is 10.1 Å². The second kappa shape index (κ2) is 4.43. The van der Waals surface area contributed by atoms with E-state index in [-0.39, 0.29) is 24.7 Å². The van der Waals surface area contributed by atoms with Gasteiger partial charge in [-0.15, -0.1) is 12.4 Å². The number of hydrogen-bond acceptors (Lipinski definition) is 2. The molecule has 1 N–H and O–H groups in total. The molecule has 0 saturated carbocycles. The van der Waals surface area contributed by atoms with Crippen molar-refractivity contribution < 1.29 is 18.3 Å². The molecule has 13 heavy (non-hydrogen) atoms. The van der Waals surface area contributed by atoms with Crippen LogP contribution in [0.15, 0.2) is 18.3 Å². The van der Waals surface area contributed by atoms with E-state index in [0.29, 0.717) is 6.20 Å². The number of pyridine rings is 1. The molecule has 2 nitrogen and oxygen atoms in total. The average molecular weight is 214 g/mol. The lowest BCUT2D eigenvalue weighted by Crippen LogP contribution is -2.05. The van der Waals surface area contributed by atoms with Gasteiger partial charge in [0.2, 0.25) is 0 Å². The SMILES string of the molecule is Cl.OCc1ccc(C(F)(F)F)cn1. The van der Waals surface area contributed by atoms with E-state index in [1.165, 1.54) is 0 Å². The van der Waals surface area contributed by atoms with E-state index < -0.39 is 11.7 Å². The van der Waals surface area contributed by atoms with Crippen LogP contribution in [0.25, 0.3) is 0 Å². The zero-order chi connectivity index (χ0) is 9.19. The Morgan fingerprint density at radius 3 is 2.23 bits per heavy atom. The Morgan fingerprint density at radius 1 is 1.31 bits per heavy atom. The predicted molar refractivity (Wildman–Crippen MR) is 42.4 cm³/mol. The Balaban J connectivity index is 0.00000144. The summed E-state index contributed by atoms with van der Waals surface area (Å²) in [6, 6.07) is 2.03. The molecule has 0 aromatic carbocycles. The monoisotopic (exact) mass is 213 g/mol. The fourth-order valence-electron chi connectivity index (χ4n) is 0.686. The molecule has 1 heterocycles. The van der Waals surface area contributed by atoms with Crippen molar-refractivity contribution in [3.05, 3.63) is 29.6 Å². The molecule has 0 bridgehead atoms. The van der Waals surface area contributed by atoms with Gasteiger partial charge in [0, 0.05) is 6.20 Å². The van der Waals surface area contributed by atoms with Crippen LogP contribution in [-0.2, 0) is 12.8 Å². The number of rotatable bonds is 1. The molecule has 0 amide bonds. The van der Waals surface area contributed by atoms with Crippen LogP contribution in [0, 0.1) is 0 Å². The second-order valence-corrected chi connectivity index (χ2v) is 2.19. The van der Waals surface area contributed by atoms with Crippen molar-refractivity contribution in [1.82, 2.24) is 4.98 Å². The molecule has 74 valence electrons.